The van der Waals surface area contributed by atoms with E-state index in [-0.39, 0.29) is 17.5 Å². The average molecular weight is 241 g/mol. The minimum Gasteiger partial charge on any atom is -0.313 e. The van der Waals surface area contributed by atoms with Crippen molar-refractivity contribution in [3.63, 3.8) is 0 Å². The van der Waals surface area contributed by atoms with Gasteiger partial charge in [-0.25, -0.2) is 0 Å². The van der Waals surface area contributed by atoms with Crippen LogP contribution in [-0.2, 0) is 0 Å². The van der Waals surface area contributed by atoms with Crippen LogP contribution in [0.4, 0.5) is 13.2 Å². The van der Waals surface area contributed by atoms with Crippen molar-refractivity contribution >= 4 is 11.8 Å². The Hall–Kier alpha value is 0.100. The number of nitrogens with one attached hydrogen (secondary N) is 1. The third kappa shape index (κ3) is 5.11. The smallest absolute Gasteiger partial charge is 0.313 e. The van der Waals surface area contributed by atoms with Crippen molar-refractivity contribution < 1.29 is 13.2 Å². The van der Waals surface area contributed by atoms with Crippen LogP contribution in [0.25, 0.3) is 0 Å². The Morgan fingerprint density at radius 3 is 2.67 bits per heavy atom. The first-order valence-electron chi connectivity index (χ1n) is 5.47. The summed E-state index contributed by atoms with van der Waals surface area (Å²) in [5.74, 6) is 0.789. The Labute approximate surface area is 93.2 Å². The van der Waals surface area contributed by atoms with Gasteiger partial charge in [0.25, 0.3) is 0 Å². The minimum absolute atomic E-state index is 0.0633. The molecule has 0 amide bonds. The molecule has 2 unspecified atom stereocenters. The fraction of sp³-hybridized carbons (Fsp3) is 1.00. The van der Waals surface area contributed by atoms with Gasteiger partial charge in [-0.1, -0.05) is 19.8 Å². The van der Waals surface area contributed by atoms with Crippen LogP contribution in [0.2, 0.25) is 0 Å². The van der Waals surface area contributed by atoms with E-state index in [9.17, 15) is 13.2 Å². The molecule has 1 N–H and O–H groups in total. The molecule has 0 spiro atoms. The van der Waals surface area contributed by atoms with Gasteiger partial charge in [-0.05, 0) is 30.5 Å². The lowest BCUT2D eigenvalue weighted by molar-refractivity contribution is -0.0327. The van der Waals surface area contributed by atoms with Gasteiger partial charge in [0, 0.05) is 18.3 Å². The number of halogens is 3. The summed E-state index contributed by atoms with van der Waals surface area (Å²) in [7, 11) is 0. The van der Waals surface area contributed by atoms with E-state index in [1.165, 1.54) is 12.8 Å². The molecule has 0 aromatic heterocycles. The lowest BCUT2D eigenvalue weighted by Crippen LogP contribution is -2.34. The second kappa shape index (κ2) is 5.99. The summed E-state index contributed by atoms with van der Waals surface area (Å²) < 4.78 is 35.5. The topological polar surface area (TPSA) is 12.0 Å². The fourth-order valence-corrected chi connectivity index (χ4v) is 2.66. The highest BCUT2D eigenvalue weighted by Gasteiger charge is 2.28. The first kappa shape index (κ1) is 13.2. The summed E-state index contributed by atoms with van der Waals surface area (Å²) in [4.78, 5) is 0. The number of rotatable bonds is 5. The maximum absolute atomic E-state index is 11.8. The van der Waals surface area contributed by atoms with E-state index < -0.39 is 5.51 Å². The quantitative estimate of drug-likeness (QED) is 0.740. The summed E-state index contributed by atoms with van der Waals surface area (Å²) in [6.07, 6.45) is 4.68. The standard InChI is InChI=1S/C10H18F3NS/c1-2-8-4-3-5-9(8)14-6-7-15-10(11,12)13/h8-9,14H,2-7H2,1H3. The van der Waals surface area contributed by atoms with Gasteiger partial charge in [-0.2, -0.15) is 13.2 Å². The highest BCUT2D eigenvalue weighted by atomic mass is 32.2. The second-order valence-corrected chi connectivity index (χ2v) is 5.11. The van der Waals surface area contributed by atoms with Crippen molar-refractivity contribution in [3.05, 3.63) is 0 Å². The summed E-state index contributed by atoms with van der Waals surface area (Å²) in [6.45, 7) is 2.61. The average Bonchev–Trinajstić information content (AvgIpc) is 2.58. The van der Waals surface area contributed by atoms with E-state index >= 15 is 0 Å². The molecule has 0 bridgehead atoms. The predicted molar refractivity (Wildman–Crippen MR) is 57.9 cm³/mol. The molecule has 0 aliphatic heterocycles. The molecule has 5 heteroatoms. The van der Waals surface area contributed by atoms with Gasteiger partial charge < -0.3 is 5.32 Å². The van der Waals surface area contributed by atoms with Crippen LogP contribution in [0.1, 0.15) is 32.6 Å². The molecule has 0 heterocycles. The lowest BCUT2D eigenvalue weighted by atomic mass is 10.0. The van der Waals surface area contributed by atoms with Crippen molar-refractivity contribution in [2.24, 2.45) is 5.92 Å². The highest BCUT2D eigenvalue weighted by molar-refractivity contribution is 8.00. The van der Waals surface area contributed by atoms with E-state index in [1.807, 2.05) is 0 Å². The fourth-order valence-electron chi connectivity index (χ4n) is 2.21. The van der Waals surface area contributed by atoms with Crippen LogP contribution in [0.3, 0.4) is 0 Å². The number of hydrogen-bond donors (Lipinski definition) is 1. The van der Waals surface area contributed by atoms with Gasteiger partial charge in [0.15, 0.2) is 0 Å². The molecule has 1 nitrogen and oxygen atoms in total. The van der Waals surface area contributed by atoms with Crippen molar-refractivity contribution in [2.45, 2.75) is 44.2 Å². The summed E-state index contributed by atoms with van der Waals surface area (Å²) in [5, 5.41) is 3.23. The van der Waals surface area contributed by atoms with E-state index in [2.05, 4.69) is 12.2 Å². The SMILES string of the molecule is CCC1CCCC1NCCSC(F)(F)F. The molecule has 90 valence electrons. The van der Waals surface area contributed by atoms with Crippen LogP contribution in [-0.4, -0.2) is 23.8 Å². The maximum atomic E-state index is 11.8. The Kier molecular flexibility index (Phi) is 5.26. The minimum atomic E-state index is -4.08. The van der Waals surface area contributed by atoms with Gasteiger partial charge >= 0.3 is 5.51 Å². The van der Waals surface area contributed by atoms with Crippen LogP contribution in [0.15, 0.2) is 0 Å². The Morgan fingerprint density at radius 2 is 2.07 bits per heavy atom. The van der Waals surface area contributed by atoms with E-state index in [4.69, 9.17) is 0 Å². The summed E-state index contributed by atoms with van der Waals surface area (Å²) in [5.41, 5.74) is -4.08. The molecule has 15 heavy (non-hydrogen) atoms. The molecule has 1 rings (SSSR count). The zero-order valence-corrected chi connectivity index (χ0v) is 9.76. The molecule has 1 saturated carbocycles. The van der Waals surface area contributed by atoms with Gasteiger partial charge in [0.05, 0.1) is 0 Å². The Bertz CT molecular complexity index is 184. The van der Waals surface area contributed by atoms with E-state index in [0.29, 0.717) is 18.5 Å². The molecule has 0 aromatic carbocycles. The molecule has 1 fully saturated rings. The molecular formula is C10H18F3NS. The number of alkyl halides is 3. The number of hydrogen-bond acceptors (Lipinski definition) is 2. The first-order valence-corrected chi connectivity index (χ1v) is 6.45. The first-order chi connectivity index (χ1) is 7.03. The molecule has 1 aliphatic carbocycles. The van der Waals surface area contributed by atoms with Crippen molar-refractivity contribution in [1.29, 1.82) is 0 Å². The van der Waals surface area contributed by atoms with Crippen molar-refractivity contribution in [2.75, 3.05) is 12.3 Å². The van der Waals surface area contributed by atoms with Crippen LogP contribution in [0.5, 0.6) is 0 Å². The third-order valence-corrected chi connectivity index (χ3v) is 3.69. The summed E-state index contributed by atoms with van der Waals surface area (Å²) in [6, 6.07) is 0.448. The molecular weight excluding hydrogens is 223 g/mol. The lowest BCUT2D eigenvalue weighted by Gasteiger charge is -2.19. The van der Waals surface area contributed by atoms with Crippen molar-refractivity contribution in [3.8, 4) is 0 Å². The van der Waals surface area contributed by atoms with E-state index in [1.54, 1.807) is 0 Å². The molecule has 2 atom stereocenters. The molecule has 0 saturated heterocycles. The normalized spacial score (nSPS) is 27.2. The van der Waals surface area contributed by atoms with Crippen LogP contribution in [0, 0.1) is 5.92 Å². The highest BCUT2D eigenvalue weighted by Crippen LogP contribution is 2.30. The van der Waals surface area contributed by atoms with Crippen LogP contribution < -0.4 is 5.32 Å². The van der Waals surface area contributed by atoms with Gasteiger partial charge in [0.2, 0.25) is 0 Å². The Morgan fingerprint density at radius 1 is 1.33 bits per heavy atom. The van der Waals surface area contributed by atoms with Crippen LogP contribution >= 0.6 is 11.8 Å². The van der Waals surface area contributed by atoms with Gasteiger partial charge in [-0.3, -0.25) is 0 Å². The third-order valence-electron chi connectivity index (χ3n) is 2.96. The van der Waals surface area contributed by atoms with Gasteiger partial charge in [0.1, 0.15) is 0 Å². The second-order valence-electron chi connectivity index (χ2n) is 3.95. The zero-order chi connectivity index (χ0) is 11.3. The zero-order valence-electron chi connectivity index (χ0n) is 8.94. The Balaban J connectivity index is 2.09. The van der Waals surface area contributed by atoms with Crippen molar-refractivity contribution in [1.82, 2.24) is 5.32 Å². The monoisotopic (exact) mass is 241 g/mol. The largest absolute Gasteiger partial charge is 0.441 e. The number of thioether (sulfide) groups is 1. The molecule has 1 aliphatic rings. The predicted octanol–water partition coefficient (Wildman–Crippen LogP) is 3.41. The summed E-state index contributed by atoms with van der Waals surface area (Å²) >= 11 is 0.0633. The molecule has 0 aromatic rings. The maximum Gasteiger partial charge on any atom is 0.441 e. The van der Waals surface area contributed by atoms with E-state index in [0.717, 1.165) is 12.8 Å². The van der Waals surface area contributed by atoms with Gasteiger partial charge in [-0.15, -0.1) is 0 Å². The molecule has 0 radical (unpaired) electrons.